The number of carbonyl (C=O) groups is 5. The van der Waals surface area contributed by atoms with Gasteiger partial charge in [0.1, 0.15) is 0 Å². The first-order valence-electron chi connectivity index (χ1n) is 29.6. The molecule has 3 aromatic carbocycles. The standard InChI is InChI=1S/C28H27NO2S.C20H28N2O3S2.C18H24N2O2S2/c1-20(30)26-24-19-29(18-17-25(24)32-27(26)31)28(21-11-5-2-6-12-21,22-13-7-3-8-14-22)23-15-9-4-10-16-23;1-11(17-13-9-21(3)7-5-15(13)26-19(17)24)18-14-10-22(4)8-6-16(14)27-20(18)25-12(2)23;1-10(15-11-8-19(2)6-4-13(11)23-17(15)21)16-12-9-20(3)7-5-14(12)24-18(16)22/h2-16,20,25,30H,17-19H2,1H3;11,15-16,20H,5-10H2,1-4H3;10,13-14H,4-9H2,1-3H3. The molecular formula is C66H79N5O7S5. The van der Waals surface area contributed by atoms with Crippen molar-refractivity contribution in [3.05, 3.63) is 163 Å². The van der Waals surface area contributed by atoms with E-state index in [1.807, 2.05) is 0 Å². The first-order valence-corrected chi connectivity index (χ1v) is 34.0. The van der Waals surface area contributed by atoms with E-state index in [-0.39, 0.29) is 49.0 Å². The molecule has 8 unspecified atom stereocenters. The number of ether oxygens (including phenoxy) is 1. The monoisotopic (exact) mass is 1210 g/mol. The number of hydrogen-bond donors (Lipinski definition) is 1. The third-order valence-electron chi connectivity index (χ3n) is 18.5. The van der Waals surface area contributed by atoms with Gasteiger partial charge < -0.3 is 29.4 Å². The van der Waals surface area contributed by atoms with Crippen LogP contribution in [0.2, 0.25) is 0 Å². The minimum absolute atomic E-state index is 0.0137. The molecule has 0 aromatic heterocycles. The van der Waals surface area contributed by atoms with Crippen LogP contribution in [-0.2, 0) is 34.2 Å². The zero-order valence-corrected chi connectivity index (χ0v) is 53.2. The fraction of sp³-hybridized carbons (Fsp3) is 0.500. The lowest BCUT2D eigenvalue weighted by Gasteiger charge is -2.48. The van der Waals surface area contributed by atoms with Gasteiger partial charge in [0.25, 0.3) is 0 Å². The molecule has 0 bridgehead atoms. The maximum absolute atomic E-state index is 12.9. The zero-order valence-electron chi connectivity index (χ0n) is 49.1. The number of benzene rings is 3. The normalized spacial score (nSPS) is 28.3. The van der Waals surface area contributed by atoms with Crippen molar-refractivity contribution in [3.63, 3.8) is 0 Å². The summed E-state index contributed by atoms with van der Waals surface area (Å²) in [5, 5.41) is 12.6. The molecule has 0 aliphatic carbocycles. The number of thioether (sulfide) groups is 5. The molecule has 83 heavy (non-hydrogen) atoms. The van der Waals surface area contributed by atoms with Gasteiger partial charge in [-0.3, -0.25) is 28.9 Å². The number of aliphatic hydroxyl groups excluding tert-OH is 1. The van der Waals surface area contributed by atoms with Gasteiger partial charge in [0.2, 0.25) is 20.5 Å². The number of fused-ring (bicyclic) bond motifs is 5. The van der Waals surface area contributed by atoms with Gasteiger partial charge in [-0.25, -0.2) is 0 Å². The van der Waals surface area contributed by atoms with E-state index in [1.54, 1.807) is 18.7 Å². The van der Waals surface area contributed by atoms with Crippen LogP contribution >= 0.6 is 58.8 Å². The number of likely N-dealkylation sites (N-methyl/N-ethyl adjacent to an activating group) is 4. The van der Waals surface area contributed by atoms with Crippen molar-refractivity contribution in [2.24, 2.45) is 11.8 Å². The molecular weight excluding hydrogens is 1140 g/mol. The Morgan fingerprint density at radius 2 is 0.819 bits per heavy atom. The van der Waals surface area contributed by atoms with E-state index in [0.29, 0.717) is 33.1 Å². The molecule has 0 spiro atoms. The highest BCUT2D eigenvalue weighted by Gasteiger charge is 2.50. The Bertz CT molecular complexity index is 3030. The fourth-order valence-electron chi connectivity index (χ4n) is 14.6. The van der Waals surface area contributed by atoms with E-state index in [1.165, 1.54) is 98.5 Å². The highest BCUT2D eigenvalue weighted by molar-refractivity contribution is 8.16. The van der Waals surface area contributed by atoms with Gasteiger partial charge in [0, 0.05) is 107 Å². The Labute approximate surface area is 512 Å². The van der Waals surface area contributed by atoms with E-state index in [0.717, 1.165) is 113 Å². The van der Waals surface area contributed by atoms with Crippen LogP contribution in [0, 0.1) is 11.8 Å². The third-order valence-corrected chi connectivity index (χ3v) is 24.9. The van der Waals surface area contributed by atoms with Crippen LogP contribution in [0.5, 0.6) is 0 Å². The second kappa shape index (κ2) is 25.8. The van der Waals surface area contributed by atoms with Gasteiger partial charge >= 0.3 is 5.97 Å². The Hall–Kier alpha value is -3.98. The summed E-state index contributed by atoms with van der Waals surface area (Å²) in [6, 6.07) is 31.9. The Balaban J connectivity index is 0.000000132. The third kappa shape index (κ3) is 12.1. The summed E-state index contributed by atoms with van der Waals surface area (Å²) in [6.07, 6.45) is 4.34. The Kier molecular flexibility index (Phi) is 18.8. The van der Waals surface area contributed by atoms with Crippen molar-refractivity contribution in [3.8, 4) is 0 Å². The molecule has 0 amide bonds. The van der Waals surface area contributed by atoms with Gasteiger partial charge in [-0.15, -0.1) is 11.8 Å². The summed E-state index contributed by atoms with van der Waals surface area (Å²) in [5.41, 5.74) is 13.8. The molecule has 10 aliphatic heterocycles. The maximum atomic E-state index is 12.9. The number of rotatable bonds is 10. The van der Waals surface area contributed by atoms with E-state index < -0.39 is 11.6 Å². The number of piperidine rings is 5. The van der Waals surface area contributed by atoms with Crippen molar-refractivity contribution in [2.45, 2.75) is 103 Å². The van der Waals surface area contributed by atoms with E-state index >= 15 is 0 Å². The van der Waals surface area contributed by atoms with Crippen molar-refractivity contribution < 1.29 is 33.8 Å². The molecule has 5 fully saturated rings. The zero-order chi connectivity index (χ0) is 58.4. The minimum Gasteiger partial charge on any atom is -0.447 e. The summed E-state index contributed by atoms with van der Waals surface area (Å²) in [6.45, 7) is 16.7. The largest absolute Gasteiger partial charge is 0.447 e. The summed E-state index contributed by atoms with van der Waals surface area (Å²) < 4.78 is 5.72. The SMILES string of the molecule is CC(=O)OC1SC2CCN(C)CC2=C1C(C)C1=C2CN(C)CCC2SC1=O.CC(C1=C2CN(C)CCC2SC1=O)C1=C2CN(C)CCC2SC1=O.CC(O)C1=C2CN(C(c3ccccc3)(c3ccccc3)c3ccccc3)CCC2SC1=O. The molecule has 13 rings (SSSR count). The van der Waals surface area contributed by atoms with Crippen LogP contribution in [-0.4, -0.2) is 187 Å². The molecule has 3 aromatic rings. The highest BCUT2D eigenvalue weighted by Crippen LogP contribution is 2.53. The van der Waals surface area contributed by atoms with E-state index in [2.05, 4.69) is 158 Å². The summed E-state index contributed by atoms with van der Waals surface area (Å²) in [7, 11) is 8.49. The highest BCUT2D eigenvalue weighted by atomic mass is 32.2. The maximum Gasteiger partial charge on any atom is 0.304 e. The molecule has 1 N–H and O–H groups in total. The quantitative estimate of drug-likeness (QED) is 0.117. The lowest BCUT2D eigenvalue weighted by Crippen LogP contribution is -2.52. The molecule has 12 nitrogen and oxygen atoms in total. The molecule has 10 heterocycles. The van der Waals surface area contributed by atoms with Gasteiger partial charge in [-0.2, -0.15) is 0 Å². The van der Waals surface area contributed by atoms with Crippen LogP contribution in [0.25, 0.3) is 0 Å². The van der Waals surface area contributed by atoms with Gasteiger partial charge in [0.05, 0.1) is 11.6 Å². The van der Waals surface area contributed by atoms with Gasteiger partial charge in [-0.05, 0) is 144 Å². The number of aliphatic hydroxyl groups is 1. The molecule has 440 valence electrons. The smallest absolute Gasteiger partial charge is 0.304 e. The molecule has 0 saturated carbocycles. The molecule has 10 aliphatic rings. The van der Waals surface area contributed by atoms with Crippen molar-refractivity contribution in [1.29, 1.82) is 0 Å². The predicted molar refractivity (Wildman–Crippen MR) is 341 cm³/mol. The first kappa shape index (κ1) is 60.7. The number of hydrogen-bond acceptors (Lipinski definition) is 17. The second-order valence-corrected chi connectivity index (χ2v) is 30.1. The van der Waals surface area contributed by atoms with Crippen LogP contribution < -0.4 is 0 Å². The van der Waals surface area contributed by atoms with Crippen molar-refractivity contribution in [2.75, 3.05) is 93.6 Å². The number of carbonyl (C=O) groups excluding carboxylic acids is 5. The van der Waals surface area contributed by atoms with E-state index in [9.17, 15) is 29.1 Å². The molecule has 0 radical (unpaired) electrons. The lowest BCUT2D eigenvalue weighted by molar-refractivity contribution is -0.141. The topological polar surface area (TPSA) is 131 Å². The van der Waals surface area contributed by atoms with Gasteiger partial charge in [0.15, 0.2) is 5.44 Å². The fourth-order valence-corrected chi connectivity index (χ4v) is 21.3. The Morgan fingerprint density at radius 1 is 0.482 bits per heavy atom. The number of esters is 1. The van der Waals surface area contributed by atoms with E-state index in [4.69, 9.17) is 4.74 Å². The predicted octanol–water partition coefficient (Wildman–Crippen LogP) is 9.71. The van der Waals surface area contributed by atoms with Gasteiger partial charge in [-0.1, -0.05) is 152 Å². The van der Waals surface area contributed by atoms with Crippen molar-refractivity contribution in [1.82, 2.24) is 24.5 Å². The average molecular weight is 1210 g/mol. The first-order chi connectivity index (χ1) is 39.9. The molecule has 8 atom stereocenters. The van der Waals surface area contributed by atoms with Crippen LogP contribution in [0.3, 0.4) is 0 Å². The average Bonchev–Trinajstić information content (AvgIpc) is 3.22. The Morgan fingerprint density at radius 3 is 1.20 bits per heavy atom. The number of likely N-dealkylation sites (tertiary alicyclic amines) is 5. The molecule has 17 heteroatoms. The summed E-state index contributed by atoms with van der Waals surface area (Å²) in [5.74, 6) is -0.285. The van der Waals surface area contributed by atoms with Crippen LogP contribution in [0.1, 0.15) is 76.5 Å². The summed E-state index contributed by atoms with van der Waals surface area (Å²) >= 11 is 7.62. The van der Waals surface area contributed by atoms with Crippen molar-refractivity contribution >= 4 is 85.2 Å². The molecule has 5 saturated heterocycles. The van der Waals surface area contributed by atoms with Crippen LogP contribution in [0.15, 0.2) is 147 Å². The number of nitrogens with zero attached hydrogens (tertiary/aromatic N) is 5. The second-order valence-electron chi connectivity index (χ2n) is 24.1. The minimum atomic E-state index is -0.741. The van der Waals surface area contributed by atoms with Crippen LogP contribution in [0.4, 0.5) is 0 Å². The summed E-state index contributed by atoms with van der Waals surface area (Å²) in [4.78, 5) is 74.5. The lowest BCUT2D eigenvalue weighted by atomic mass is 9.74.